The van der Waals surface area contributed by atoms with E-state index in [4.69, 9.17) is 9.47 Å². The van der Waals surface area contributed by atoms with E-state index in [0.29, 0.717) is 18.0 Å². The predicted octanol–water partition coefficient (Wildman–Crippen LogP) is 2.91. The maximum absolute atomic E-state index is 12.9. The molecular weight excluding hydrogens is 400 g/mol. The first-order chi connectivity index (χ1) is 14.7. The normalized spacial score (nSPS) is 12.7. The highest BCUT2D eigenvalue weighted by molar-refractivity contribution is 6.34. The molecule has 0 atom stereocenters. The van der Waals surface area contributed by atoms with Crippen LogP contribution in [0.15, 0.2) is 42.5 Å². The van der Waals surface area contributed by atoms with Gasteiger partial charge in [-0.3, -0.25) is 14.4 Å². The first-order valence-corrected chi connectivity index (χ1v) is 9.93. The van der Waals surface area contributed by atoms with Crippen LogP contribution in [0.5, 0.6) is 5.75 Å². The second-order valence-corrected chi connectivity index (χ2v) is 7.31. The Morgan fingerprint density at radius 1 is 1.00 bits per heavy atom. The van der Waals surface area contributed by atoms with Crippen LogP contribution in [-0.4, -0.2) is 54.9 Å². The topological polar surface area (TPSA) is 93.2 Å². The molecule has 0 aliphatic carbocycles. The zero-order chi connectivity index (χ0) is 22.7. The maximum atomic E-state index is 12.9. The summed E-state index contributed by atoms with van der Waals surface area (Å²) >= 11 is 0. The summed E-state index contributed by atoms with van der Waals surface area (Å²) < 4.78 is 10.5. The average molecular weight is 424 g/mol. The largest absolute Gasteiger partial charge is 0.494 e. The molecule has 31 heavy (non-hydrogen) atoms. The minimum absolute atomic E-state index is 0.0246. The van der Waals surface area contributed by atoms with Crippen molar-refractivity contribution in [1.82, 2.24) is 4.90 Å². The van der Waals surface area contributed by atoms with Crippen molar-refractivity contribution < 1.29 is 28.7 Å². The van der Waals surface area contributed by atoms with Crippen molar-refractivity contribution in [2.24, 2.45) is 0 Å². The van der Waals surface area contributed by atoms with Crippen molar-refractivity contribution in [1.29, 1.82) is 0 Å². The van der Waals surface area contributed by atoms with Crippen LogP contribution in [0.3, 0.4) is 0 Å². The highest BCUT2D eigenvalue weighted by Crippen LogP contribution is 2.30. The lowest BCUT2D eigenvalue weighted by Gasteiger charge is -2.21. The molecule has 162 valence electrons. The van der Waals surface area contributed by atoms with E-state index in [1.165, 1.54) is 23.1 Å². The summed E-state index contributed by atoms with van der Waals surface area (Å²) in [6, 6.07) is 10.7. The molecule has 3 amide bonds. The summed E-state index contributed by atoms with van der Waals surface area (Å²) in [5, 5.41) is 0. The van der Waals surface area contributed by atoms with Crippen molar-refractivity contribution >= 4 is 29.4 Å². The van der Waals surface area contributed by atoms with Gasteiger partial charge < -0.3 is 14.4 Å². The summed E-state index contributed by atoms with van der Waals surface area (Å²) in [6.45, 7) is 5.65. The molecule has 2 aromatic rings. The zero-order valence-corrected chi connectivity index (χ0v) is 17.9. The Labute approximate surface area is 180 Å². The van der Waals surface area contributed by atoms with E-state index in [0.717, 1.165) is 4.90 Å². The number of amides is 3. The van der Waals surface area contributed by atoms with E-state index in [1.54, 1.807) is 31.3 Å². The van der Waals surface area contributed by atoms with Gasteiger partial charge >= 0.3 is 5.97 Å². The third-order valence-corrected chi connectivity index (χ3v) is 5.02. The number of imide groups is 1. The van der Waals surface area contributed by atoms with Crippen LogP contribution in [0.25, 0.3) is 0 Å². The van der Waals surface area contributed by atoms with Gasteiger partial charge in [0.2, 0.25) is 0 Å². The lowest BCUT2D eigenvalue weighted by atomic mass is 10.1. The predicted molar refractivity (Wildman–Crippen MR) is 113 cm³/mol. The smallest absolute Gasteiger partial charge is 0.338 e. The Hall–Kier alpha value is -3.68. The second-order valence-electron chi connectivity index (χ2n) is 7.31. The lowest BCUT2D eigenvalue weighted by Crippen LogP contribution is -2.36. The summed E-state index contributed by atoms with van der Waals surface area (Å²) in [7, 11) is 1.62. The van der Waals surface area contributed by atoms with Gasteiger partial charge in [-0.2, -0.15) is 0 Å². The molecule has 1 aliphatic rings. The van der Waals surface area contributed by atoms with E-state index in [1.807, 2.05) is 20.8 Å². The number of ether oxygens (including phenoxy) is 2. The molecule has 0 fully saturated rings. The highest BCUT2D eigenvalue weighted by Gasteiger charge is 2.37. The Kier molecular flexibility index (Phi) is 6.39. The summed E-state index contributed by atoms with van der Waals surface area (Å²) in [5.41, 5.74) is 0.805. The van der Waals surface area contributed by atoms with E-state index >= 15 is 0 Å². The van der Waals surface area contributed by atoms with Gasteiger partial charge in [0, 0.05) is 13.1 Å². The van der Waals surface area contributed by atoms with E-state index in [9.17, 15) is 19.2 Å². The summed E-state index contributed by atoms with van der Waals surface area (Å²) in [5.74, 6) is -1.46. The second kappa shape index (κ2) is 8.99. The number of benzene rings is 2. The number of likely N-dealkylation sites (N-methyl/N-ethyl adjacent to an activating group) is 1. The molecule has 8 heteroatoms. The molecule has 0 saturated carbocycles. The molecule has 8 nitrogen and oxygen atoms in total. The number of carbonyl (C=O) groups excluding carboxylic acids is 4. The van der Waals surface area contributed by atoms with Crippen LogP contribution in [0, 0.1) is 0 Å². The zero-order valence-electron chi connectivity index (χ0n) is 17.9. The van der Waals surface area contributed by atoms with E-state index in [-0.39, 0.29) is 28.6 Å². The lowest BCUT2D eigenvalue weighted by molar-refractivity contribution is -0.134. The molecule has 0 saturated heterocycles. The van der Waals surface area contributed by atoms with Crippen molar-refractivity contribution in [2.45, 2.75) is 26.8 Å². The van der Waals surface area contributed by atoms with Crippen molar-refractivity contribution in [3.63, 3.8) is 0 Å². The van der Waals surface area contributed by atoms with Crippen LogP contribution >= 0.6 is 0 Å². The van der Waals surface area contributed by atoms with Gasteiger partial charge in [0.1, 0.15) is 5.75 Å². The third-order valence-electron chi connectivity index (χ3n) is 5.02. The van der Waals surface area contributed by atoms with Gasteiger partial charge in [-0.25, -0.2) is 9.69 Å². The first kappa shape index (κ1) is 22.0. The Balaban J connectivity index is 1.76. The minimum atomic E-state index is -0.743. The molecule has 3 rings (SSSR count). The van der Waals surface area contributed by atoms with Crippen LogP contribution in [0.2, 0.25) is 0 Å². The number of hydrogen-bond acceptors (Lipinski definition) is 6. The Bertz CT molecular complexity index is 1030. The fourth-order valence-corrected chi connectivity index (χ4v) is 3.06. The maximum Gasteiger partial charge on any atom is 0.338 e. The standard InChI is InChI=1S/C23H24N2O6/c1-5-30-17-9-7-16(8-10-17)25-21(27)18-11-6-15(12-19(18)22(25)28)23(29)31-13-20(26)24(4)14(2)3/h6-12,14H,5,13H2,1-4H3. The van der Waals surface area contributed by atoms with Crippen LogP contribution < -0.4 is 9.64 Å². The summed E-state index contributed by atoms with van der Waals surface area (Å²) in [6.07, 6.45) is 0. The molecule has 0 spiro atoms. The van der Waals surface area contributed by atoms with Crippen molar-refractivity contribution in [3.05, 3.63) is 59.2 Å². The number of esters is 1. The van der Waals surface area contributed by atoms with Crippen molar-refractivity contribution in [3.8, 4) is 5.75 Å². The highest BCUT2D eigenvalue weighted by atomic mass is 16.5. The average Bonchev–Trinajstić information content (AvgIpc) is 3.01. The number of rotatable bonds is 7. The first-order valence-electron chi connectivity index (χ1n) is 9.93. The number of nitrogens with zero attached hydrogens (tertiary/aromatic N) is 2. The minimum Gasteiger partial charge on any atom is -0.494 e. The van der Waals surface area contributed by atoms with Crippen LogP contribution in [0.4, 0.5) is 5.69 Å². The molecule has 0 radical (unpaired) electrons. The van der Waals surface area contributed by atoms with Crippen LogP contribution in [-0.2, 0) is 9.53 Å². The fraction of sp³-hybridized carbons (Fsp3) is 0.304. The quantitative estimate of drug-likeness (QED) is 0.501. The molecule has 1 aliphatic heterocycles. The number of anilines is 1. The van der Waals surface area contributed by atoms with Gasteiger partial charge in [-0.1, -0.05) is 0 Å². The third kappa shape index (κ3) is 4.42. The number of hydrogen-bond donors (Lipinski definition) is 0. The molecule has 1 heterocycles. The van der Waals surface area contributed by atoms with E-state index in [2.05, 4.69) is 0 Å². The fourth-order valence-electron chi connectivity index (χ4n) is 3.06. The molecule has 2 aromatic carbocycles. The number of carbonyl (C=O) groups is 4. The summed E-state index contributed by atoms with van der Waals surface area (Å²) in [4.78, 5) is 52.5. The molecule has 0 bridgehead atoms. The monoisotopic (exact) mass is 424 g/mol. The molecule has 0 N–H and O–H groups in total. The van der Waals surface area contributed by atoms with Gasteiger partial charge in [-0.15, -0.1) is 0 Å². The Morgan fingerprint density at radius 3 is 2.26 bits per heavy atom. The number of fused-ring (bicyclic) bond motifs is 1. The van der Waals surface area contributed by atoms with E-state index < -0.39 is 24.4 Å². The van der Waals surface area contributed by atoms with Crippen LogP contribution in [0.1, 0.15) is 51.8 Å². The van der Waals surface area contributed by atoms with Gasteiger partial charge in [0.05, 0.1) is 29.0 Å². The van der Waals surface area contributed by atoms with Gasteiger partial charge in [-0.05, 0) is 63.2 Å². The Morgan fingerprint density at radius 2 is 1.65 bits per heavy atom. The molecule has 0 aromatic heterocycles. The van der Waals surface area contributed by atoms with Crippen molar-refractivity contribution in [2.75, 3.05) is 25.2 Å². The molecule has 0 unspecified atom stereocenters. The molecular formula is C23H24N2O6. The van der Waals surface area contributed by atoms with Gasteiger partial charge in [0.25, 0.3) is 17.7 Å². The van der Waals surface area contributed by atoms with Gasteiger partial charge in [0.15, 0.2) is 6.61 Å². The SMILES string of the molecule is CCOc1ccc(N2C(=O)c3ccc(C(=O)OCC(=O)N(C)C(C)C)cc3C2=O)cc1.